The summed E-state index contributed by atoms with van der Waals surface area (Å²) >= 11 is 1.43. The topological polar surface area (TPSA) is 58.2 Å². The van der Waals surface area contributed by atoms with Crippen molar-refractivity contribution in [1.29, 1.82) is 5.26 Å². The van der Waals surface area contributed by atoms with E-state index < -0.39 is 0 Å². The third kappa shape index (κ3) is 1.12. The van der Waals surface area contributed by atoms with E-state index in [1.54, 1.807) is 16.1 Å². The summed E-state index contributed by atoms with van der Waals surface area (Å²) in [6.07, 6.45) is 2.64. The first-order valence-corrected chi connectivity index (χ1v) is 4.50. The molecule has 0 unspecified atom stereocenters. The molecule has 64 valence electrons. The monoisotopic (exact) mass is 191 g/mol. The van der Waals surface area contributed by atoms with Crippen LogP contribution in [-0.2, 0) is 6.42 Å². The maximum atomic E-state index is 10.5. The number of carbonyl (C=O) groups excluding carboxylic acids is 1. The number of nitriles is 1. The van der Waals surface area contributed by atoms with Gasteiger partial charge in [0, 0.05) is 5.38 Å². The van der Waals surface area contributed by atoms with E-state index in [9.17, 15) is 4.79 Å². The van der Waals surface area contributed by atoms with Gasteiger partial charge < -0.3 is 0 Å². The number of carbonyl (C=O) groups is 1. The van der Waals surface area contributed by atoms with Crippen LogP contribution in [0.15, 0.2) is 11.7 Å². The number of imidazole rings is 1. The van der Waals surface area contributed by atoms with Crippen LogP contribution in [0.3, 0.4) is 0 Å². The fourth-order valence-corrected chi connectivity index (χ4v) is 2.07. The molecule has 0 aliphatic rings. The molecule has 0 radical (unpaired) electrons. The number of aromatic nitrogens is 2. The lowest BCUT2D eigenvalue weighted by molar-refractivity contribution is 0.111. The minimum absolute atomic E-state index is 0.287. The Morgan fingerprint density at radius 3 is 3.31 bits per heavy atom. The average molecular weight is 191 g/mol. The lowest BCUT2D eigenvalue weighted by Gasteiger charge is -1.84. The van der Waals surface area contributed by atoms with Crippen molar-refractivity contribution in [2.24, 2.45) is 0 Å². The zero-order valence-electron chi connectivity index (χ0n) is 6.60. The number of hydrogen-bond donors (Lipinski definition) is 0. The SMILES string of the molecule is N#CCc1ncn2c(C=O)csc12. The molecule has 2 aromatic rings. The number of rotatable bonds is 2. The average Bonchev–Trinajstić information content (AvgIpc) is 2.68. The van der Waals surface area contributed by atoms with Gasteiger partial charge in [-0.05, 0) is 0 Å². The molecule has 0 saturated carbocycles. The Labute approximate surface area is 78.1 Å². The first-order chi connectivity index (χ1) is 6.36. The first kappa shape index (κ1) is 7.95. The van der Waals surface area contributed by atoms with Gasteiger partial charge in [0.2, 0.25) is 0 Å². The van der Waals surface area contributed by atoms with Crippen molar-refractivity contribution >= 4 is 22.5 Å². The van der Waals surface area contributed by atoms with Gasteiger partial charge in [0.1, 0.15) is 11.2 Å². The predicted octanol–water partition coefficient (Wildman–Crippen LogP) is 1.27. The third-order valence-corrected chi connectivity index (χ3v) is 2.75. The summed E-state index contributed by atoms with van der Waals surface area (Å²) in [5, 5.41) is 10.3. The van der Waals surface area contributed by atoms with E-state index in [2.05, 4.69) is 4.98 Å². The van der Waals surface area contributed by atoms with Crippen molar-refractivity contribution in [2.45, 2.75) is 6.42 Å². The molecule has 0 saturated heterocycles. The highest BCUT2D eigenvalue weighted by Gasteiger charge is 2.08. The summed E-state index contributed by atoms with van der Waals surface area (Å²) < 4.78 is 1.70. The van der Waals surface area contributed by atoms with E-state index in [0.717, 1.165) is 16.8 Å². The Hall–Kier alpha value is -1.67. The number of thiazole rings is 1. The van der Waals surface area contributed by atoms with E-state index in [1.807, 2.05) is 6.07 Å². The third-order valence-electron chi connectivity index (χ3n) is 1.73. The molecule has 0 N–H and O–H groups in total. The molecule has 2 aromatic heterocycles. The van der Waals surface area contributed by atoms with E-state index in [1.165, 1.54) is 11.3 Å². The van der Waals surface area contributed by atoms with Crippen LogP contribution in [0, 0.1) is 11.3 Å². The van der Waals surface area contributed by atoms with Crippen LogP contribution >= 0.6 is 11.3 Å². The molecule has 5 heteroatoms. The fourth-order valence-electron chi connectivity index (χ4n) is 1.14. The second-order valence-corrected chi connectivity index (χ2v) is 3.34. The molecule has 0 fully saturated rings. The minimum atomic E-state index is 0.287. The maximum Gasteiger partial charge on any atom is 0.167 e. The van der Waals surface area contributed by atoms with Crippen LogP contribution in [0.1, 0.15) is 16.2 Å². The van der Waals surface area contributed by atoms with Gasteiger partial charge in [-0.1, -0.05) is 0 Å². The predicted molar refractivity (Wildman–Crippen MR) is 47.8 cm³/mol. The molecular weight excluding hydrogens is 186 g/mol. The minimum Gasteiger partial charge on any atom is -0.296 e. The van der Waals surface area contributed by atoms with E-state index in [4.69, 9.17) is 5.26 Å². The van der Waals surface area contributed by atoms with Gasteiger partial charge in [0.15, 0.2) is 6.29 Å². The van der Waals surface area contributed by atoms with Crippen molar-refractivity contribution in [3.63, 3.8) is 0 Å². The Bertz CT molecular complexity index is 491. The van der Waals surface area contributed by atoms with Gasteiger partial charge in [0.05, 0.1) is 23.9 Å². The smallest absolute Gasteiger partial charge is 0.167 e. The van der Waals surface area contributed by atoms with Crippen LogP contribution in [0.2, 0.25) is 0 Å². The standard InChI is InChI=1S/C8H5N3OS/c9-2-1-7-8-11(5-10-7)6(3-12)4-13-8/h3-5H,1H2. The molecule has 0 spiro atoms. The van der Waals surface area contributed by atoms with E-state index in [-0.39, 0.29) is 6.42 Å². The highest BCUT2D eigenvalue weighted by Crippen LogP contribution is 2.19. The number of hydrogen-bond acceptors (Lipinski definition) is 4. The number of aldehydes is 1. The number of fused-ring (bicyclic) bond motifs is 1. The highest BCUT2D eigenvalue weighted by molar-refractivity contribution is 7.16. The van der Waals surface area contributed by atoms with Crippen LogP contribution in [-0.4, -0.2) is 15.7 Å². The van der Waals surface area contributed by atoms with Crippen LogP contribution in [0.4, 0.5) is 0 Å². The van der Waals surface area contributed by atoms with Crippen LogP contribution in [0.25, 0.3) is 4.83 Å². The van der Waals surface area contributed by atoms with E-state index >= 15 is 0 Å². The van der Waals surface area contributed by atoms with Crippen molar-refractivity contribution in [3.05, 3.63) is 23.1 Å². The highest BCUT2D eigenvalue weighted by atomic mass is 32.1. The molecule has 0 atom stereocenters. The van der Waals surface area contributed by atoms with E-state index in [0.29, 0.717) is 5.69 Å². The van der Waals surface area contributed by atoms with Crippen molar-refractivity contribution in [3.8, 4) is 6.07 Å². The summed E-state index contributed by atoms with van der Waals surface area (Å²) in [4.78, 5) is 15.5. The van der Waals surface area contributed by atoms with Gasteiger partial charge in [-0.3, -0.25) is 9.20 Å². The quantitative estimate of drug-likeness (QED) is 0.672. The van der Waals surface area contributed by atoms with Crippen molar-refractivity contribution in [1.82, 2.24) is 9.38 Å². The Kier molecular flexibility index (Phi) is 1.83. The van der Waals surface area contributed by atoms with Crippen LogP contribution in [0.5, 0.6) is 0 Å². The molecule has 0 bridgehead atoms. The Morgan fingerprint density at radius 1 is 1.77 bits per heavy atom. The molecular formula is C8H5N3OS. The van der Waals surface area contributed by atoms with Crippen LogP contribution < -0.4 is 0 Å². The second kappa shape index (κ2) is 2.99. The molecule has 0 aliphatic heterocycles. The first-order valence-electron chi connectivity index (χ1n) is 3.62. The fraction of sp³-hybridized carbons (Fsp3) is 0.125. The lowest BCUT2D eigenvalue weighted by atomic mass is 10.4. The van der Waals surface area contributed by atoms with Gasteiger partial charge >= 0.3 is 0 Å². The summed E-state index contributed by atoms with van der Waals surface area (Å²) in [5.74, 6) is 0. The summed E-state index contributed by atoms with van der Waals surface area (Å²) in [5.41, 5.74) is 1.32. The van der Waals surface area contributed by atoms with Gasteiger partial charge in [-0.25, -0.2) is 4.98 Å². The Balaban J connectivity index is 2.64. The van der Waals surface area contributed by atoms with Gasteiger partial charge in [0.25, 0.3) is 0 Å². The molecule has 0 aliphatic carbocycles. The summed E-state index contributed by atoms with van der Waals surface area (Å²) in [6.45, 7) is 0. The molecule has 2 rings (SSSR count). The lowest BCUT2D eigenvalue weighted by Crippen LogP contribution is -1.84. The largest absolute Gasteiger partial charge is 0.296 e. The summed E-state index contributed by atoms with van der Waals surface area (Å²) in [7, 11) is 0. The zero-order valence-corrected chi connectivity index (χ0v) is 7.41. The number of nitrogens with zero attached hydrogens (tertiary/aromatic N) is 3. The zero-order chi connectivity index (χ0) is 9.26. The van der Waals surface area contributed by atoms with Gasteiger partial charge in [-0.2, -0.15) is 5.26 Å². The summed E-state index contributed by atoms with van der Waals surface area (Å²) in [6, 6.07) is 2.03. The van der Waals surface area contributed by atoms with Crippen molar-refractivity contribution in [2.75, 3.05) is 0 Å². The van der Waals surface area contributed by atoms with Gasteiger partial charge in [-0.15, -0.1) is 11.3 Å². The Morgan fingerprint density at radius 2 is 2.62 bits per heavy atom. The second-order valence-electron chi connectivity index (χ2n) is 2.48. The molecule has 2 heterocycles. The maximum absolute atomic E-state index is 10.5. The molecule has 0 aromatic carbocycles. The molecule has 13 heavy (non-hydrogen) atoms. The van der Waals surface area contributed by atoms with Crippen molar-refractivity contribution < 1.29 is 4.79 Å². The molecule has 4 nitrogen and oxygen atoms in total. The normalized spacial score (nSPS) is 10.1. The molecule has 0 amide bonds.